The monoisotopic (exact) mass is 966 g/mol. The van der Waals surface area contributed by atoms with Crippen molar-refractivity contribution in [2.45, 2.75) is 0 Å². The van der Waals surface area contributed by atoms with Crippen LogP contribution in [0, 0.1) is 0 Å². The van der Waals surface area contributed by atoms with Gasteiger partial charge in [0.25, 0.3) is 0 Å². The zero-order chi connectivity index (χ0) is 40.2. The fourth-order valence-corrected chi connectivity index (χ4v) is 25.8. The van der Waals surface area contributed by atoms with Crippen molar-refractivity contribution in [1.29, 1.82) is 0 Å². The van der Waals surface area contributed by atoms with Gasteiger partial charge >= 0.3 is 377 Å². The first kappa shape index (κ1) is 42.8. The molecule has 5 heteroatoms. The van der Waals surface area contributed by atoms with Gasteiger partial charge in [0.15, 0.2) is 0 Å². The summed E-state index contributed by atoms with van der Waals surface area (Å²) in [4.78, 5) is 16.4. The molecule has 9 aromatic rings. The number of carbonyl (C=O) groups excluding carboxylic acids is 1. The predicted molar refractivity (Wildman–Crippen MR) is 267 cm³/mol. The minimum absolute atomic E-state index is 0. The van der Waals surface area contributed by atoms with Crippen LogP contribution >= 0.6 is 14.5 Å². The zero-order valence-electron chi connectivity index (χ0n) is 33.2. The van der Waals surface area contributed by atoms with Crippen LogP contribution in [0.3, 0.4) is 0 Å². The molecule has 0 aliphatic heterocycles. The zero-order valence-corrected chi connectivity index (χ0v) is 39.1. The van der Waals surface area contributed by atoms with Gasteiger partial charge in [-0.3, -0.25) is 0 Å². The maximum absolute atomic E-state index is 16.4. The van der Waals surface area contributed by atoms with E-state index in [-0.39, 0.29) is 19.5 Å². The van der Waals surface area contributed by atoms with Gasteiger partial charge in [0.1, 0.15) is 0 Å². The molecule has 0 saturated heterocycles. The Kier molecular flexibility index (Phi) is 14.8. The summed E-state index contributed by atoms with van der Waals surface area (Å²) in [5, 5.41) is 7.00. The normalized spacial score (nSPS) is 11.6. The number of hydrogen-bond donors (Lipinski definition) is 0. The third-order valence-electron chi connectivity index (χ3n) is 11.0. The Morgan fingerprint density at radius 1 is 0.250 bits per heavy atom. The van der Waals surface area contributed by atoms with E-state index >= 15 is 4.79 Å². The molecule has 300 valence electrons. The number of hydrogen-bond acceptors (Lipinski definition) is 1. The van der Waals surface area contributed by atoms with E-state index in [2.05, 4.69) is 237 Å². The summed E-state index contributed by atoms with van der Waals surface area (Å²) in [6, 6.07) is 95.9. The van der Waals surface area contributed by atoms with Crippen LogP contribution in [0.25, 0.3) is 0 Å². The number of rotatable bonds is 11. The van der Waals surface area contributed by atoms with Crippen LogP contribution in [0.1, 0.15) is 0 Å². The Morgan fingerprint density at radius 2 is 0.400 bits per heavy atom. The molecular weight excluding hydrogens is 916 g/mol. The average molecular weight is 967 g/mol. The topological polar surface area (TPSA) is 17.1 Å². The van der Waals surface area contributed by atoms with Crippen LogP contribution in [0.5, 0.6) is 0 Å². The molecule has 0 saturated carbocycles. The van der Waals surface area contributed by atoms with Crippen molar-refractivity contribution in [3.8, 4) is 0 Å². The molecule has 0 spiro atoms. The summed E-state index contributed by atoms with van der Waals surface area (Å²) < 4.78 is 4.44. The van der Waals surface area contributed by atoms with E-state index in [0.717, 1.165) is 31.8 Å². The molecule has 9 aromatic carbocycles. The van der Waals surface area contributed by atoms with Gasteiger partial charge < -0.3 is 0 Å². The number of carbonyl (C=O) groups is 1. The summed E-state index contributed by atoms with van der Waals surface area (Å²) in [6.45, 7) is 0. The van der Waals surface area contributed by atoms with Gasteiger partial charge in [0.05, 0.1) is 0 Å². The fourth-order valence-electron chi connectivity index (χ4n) is 8.38. The van der Waals surface area contributed by atoms with Crippen LogP contribution in [0.4, 0.5) is 4.79 Å². The minimum atomic E-state index is -3.29. The Morgan fingerprint density at radius 3 is 0.567 bits per heavy atom. The van der Waals surface area contributed by atoms with E-state index in [1.165, 1.54) is 13.1 Å². The second kappa shape index (κ2) is 20.8. The third-order valence-corrected chi connectivity index (χ3v) is 26.9. The summed E-state index contributed by atoms with van der Waals surface area (Å²) in [6.07, 6.45) is 0. The molecule has 0 aliphatic rings. The van der Waals surface area contributed by atoms with Gasteiger partial charge in [0.2, 0.25) is 0 Å². The molecule has 60 heavy (non-hydrogen) atoms. The van der Waals surface area contributed by atoms with Crippen LogP contribution in [-0.4, -0.2) is 19.9 Å². The van der Waals surface area contributed by atoms with Crippen molar-refractivity contribution in [2.24, 2.45) is 0 Å². The molecule has 0 fully saturated rings. The van der Waals surface area contributed by atoms with Gasteiger partial charge in [0, 0.05) is 0 Å². The van der Waals surface area contributed by atoms with Crippen molar-refractivity contribution < 1.29 is 24.3 Å². The molecule has 0 N–H and O–H groups in total. The standard InChI is InChI=1S/C37H32OP2.C18H15As.Rh.3H/c38-37(39(31-19-7-1-8-20-31,32-21-9-2-10-22-32)33-23-11-3-12-24-33)40(34-25-13-4-14-26-34,35-27-15-5-16-28-35)36-29-17-6-18-30-36;1-4-10-16(11-5-1)19(17-12-6-2-7-13-17)18-14-8-3-9-15-18;;;;/h1-30,39-40H;1-15H;;;;. The Labute approximate surface area is 373 Å². The van der Waals surface area contributed by atoms with Gasteiger partial charge in [-0.15, -0.1) is 0 Å². The molecule has 0 atom stereocenters. The Hall–Kier alpha value is -5.31. The van der Waals surface area contributed by atoms with Crippen molar-refractivity contribution >= 4 is 79.3 Å². The van der Waals surface area contributed by atoms with Crippen LogP contribution in [-0.2, 0) is 19.5 Å². The second-order valence-corrected chi connectivity index (χ2v) is 26.9. The van der Waals surface area contributed by atoms with Gasteiger partial charge in [-0.25, -0.2) is 0 Å². The molecule has 0 aromatic heterocycles. The quantitative estimate of drug-likeness (QED) is 0.0952. The van der Waals surface area contributed by atoms with Gasteiger partial charge in [-0.05, 0) is 0 Å². The van der Waals surface area contributed by atoms with Gasteiger partial charge in [-0.1, -0.05) is 0 Å². The predicted octanol–water partition coefficient (Wildman–Crippen LogP) is 7.96. The first-order chi connectivity index (χ1) is 29.2. The molecule has 1 radical (unpaired) electrons. The summed E-state index contributed by atoms with van der Waals surface area (Å²) in [5.41, 5.74) is 0. The molecule has 0 heterocycles. The Bertz CT molecular complexity index is 2230. The first-order valence-electron chi connectivity index (χ1n) is 20.1. The first-order valence-corrected chi connectivity index (χ1v) is 26.9. The summed E-state index contributed by atoms with van der Waals surface area (Å²) >= 11 is -1.39. The summed E-state index contributed by atoms with van der Waals surface area (Å²) in [7, 11) is -6.58. The van der Waals surface area contributed by atoms with Gasteiger partial charge in [-0.2, -0.15) is 0 Å². The molecule has 0 bridgehead atoms. The van der Waals surface area contributed by atoms with E-state index in [0.29, 0.717) is 5.27 Å². The summed E-state index contributed by atoms with van der Waals surface area (Å²) in [5.74, 6) is 0. The van der Waals surface area contributed by atoms with Crippen molar-refractivity contribution in [2.75, 3.05) is 0 Å². The molecule has 9 rings (SSSR count). The molecular formula is C55H50AsOP2Rh. The van der Waals surface area contributed by atoms with E-state index in [1.807, 2.05) is 36.4 Å². The van der Waals surface area contributed by atoms with Crippen molar-refractivity contribution in [3.05, 3.63) is 273 Å². The van der Waals surface area contributed by atoms with E-state index in [4.69, 9.17) is 0 Å². The Balaban J connectivity index is 0.000000228. The average Bonchev–Trinajstić information content (AvgIpc) is 3.33. The SMILES string of the molecule is O=C([PH](c1ccccc1)(c1ccccc1)c1ccccc1)[PH](c1ccccc1)(c1ccccc1)c1ccccc1.[RhH3].c1ccc([As](c2ccccc2)c2ccccc2)cc1. The molecule has 0 amide bonds. The molecule has 0 unspecified atom stereocenters. The van der Waals surface area contributed by atoms with Crippen molar-refractivity contribution in [1.82, 2.24) is 0 Å². The molecule has 1 nitrogen and oxygen atoms in total. The van der Waals surface area contributed by atoms with Crippen LogP contribution in [0.15, 0.2) is 273 Å². The van der Waals surface area contributed by atoms with E-state index < -0.39 is 29.2 Å². The van der Waals surface area contributed by atoms with E-state index in [9.17, 15) is 0 Å². The van der Waals surface area contributed by atoms with Crippen LogP contribution < -0.4 is 44.9 Å². The van der Waals surface area contributed by atoms with E-state index in [1.54, 1.807) is 0 Å². The third kappa shape index (κ3) is 8.77. The van der Waals surface area contributed by atoms with Crippen molar-refractivity contribution in [3.63, 3.8) is 0 Å². The maximum atomic E-state index is 16.4. The second-order valence-electron chi connectivity index (χ2n) is 14.4. The number of benzene rings is 9. The van der Waals surface area contributed by atoms with Crippen LogP contribution in [0.2, 0.25) is 0 Å². The molecule has 0 aliphatic carbocycles. The fraction of sp³-hybridized carbons (Fsp3) is 0.